The number of hydrogen-bond donors (Lipinski definition) is 0. The van der Waals surface area contributed by atoms with E-state index < -0.39 is 0 Å². The summed E-state index contributed by atoms with van der Waals surface area (Å²) in [4.78, 5) is 14.0. The maximum atomic E-state index is 11.7. The lowest BCUT2D eigenvalue weighted by atomic mass is 9.94. The molecule has 2 unspecified atom stereocenters. The number of benzene rings is 1. The van der Waals surface area contributed by atoms with Gasteiger partial charge in [0.05, 0.1) is 25.5 Å². The average molecular weight is 272 g/mol. The van der Waals surface area contributed by atoms with E-state index in [-0.39, 0.29) is 17.9 Å². The zero-order valence-electron chi connectivity index (χ0n) is 11.8. The summed E-state index contributed by atoms with van der Waals surface area (Å²) in [5, 5.41) is 9.08. The van der Waals surface area contributed by atoms with Gasteiger partial charge in [0.2, 0.25) is 0 Å². The van der Waals surface area contributed by atoms with Gasteiger partial charge in [-0.15, -0.1) is 0 Å². The molecule has 4 heteroatoms. The van der Waals surface area contributed by atoms with Crippen molar-refractivity contribution < 1.29 is 9.53 Å². The van der Waals surface area contributed by atoms with Crippen LogP contribution < -0.4 is 0 Å². The van der Waals surface area contributed by atoms with Gasteiger partial charge in [-0.1, -0.05) is 30.3 Å². The zero-order valence-corrected chi connectivity index (χ0v) is 11.8. The molecule has 1 aliphatic rings. The Balaban J connectivity index is 2.13. The van der Waals surface area contributed by atoms with Crippen LogP contribution in [0.5, 0.6) is 0 Å². The first-order valence-corrected chi connectivity index (χ1v) is 7.00. The minimum absolute atomic E-state index is 0.0636. The van der Waals surface area contributed by atoms with Gasteiger partial charge in [0.1, 0.15) is 0 Å². The molecule has 106 valence electrons. The van der Waals surface area contributed by atoms with Gasteiger partial charge in [0.15, 0.2) is 0 Å². The van der Waals surface area contributed by atoms with Crippen molar-refractivity contribution in [3.05, 3.63) is 35.9 Å². The molecule has 0 N–H and O–H groups in total. The fraction of sp³-hybridized carbons (Fsp3) is 0.500. The van der Waals surface area contributed by atoms with Crippen LogP contribution in [-0.2, 0) is 9.53 Å². The van der Waals surface area contributed by atoms with E-state index in [0.29, 0.717) is 13.0 Å². The summed E-state index contributed by atoms with van der Waals surface area (Å²) in [6, 6.07) is 12.4. The Bertz CT molecular complexity index is 481. The fourth-order valence-electron chi connectivity index (χ4n) is 2.87. The van der Waals surface area contributed by atoms with E-state index in [2.05, 4.69) is 11.0 Å². The summed E-state index contributed by atoms with van der Waals surface area (Å²) in [6.07, 6.45) is 2.28. The summed E-state index contributed by atoms with van der Waals surface area (Å²) in [6.45, 7) is 1.60. The van der Waals surface area contributed by atoms with Crippen LogP contribution in [0.3, 0.4) is 0 Å². The molecular formula is C16H20N2O2. The predicted octanol–water partition coefficient (Wildman–Crippen LogP) is 2.53. The van der Waals surface area contributed by atoms with Gasteiger partial charge >= 0.3 is 5.97 Å². The number of likely N-dealkylation sites (tertiary alicyclic amines) is 1. The third kappa shape index (κ3) is 3.37. The van der Waals surface area contributed by atoms with Gasteiger partial charge < -0.3 is 4.74 Å². The van der Waals surface area contributed by atoms with Gasteiger partial charge in [0.25, 0.3) is 0 Å². The number of ether oxygens (including phenoxy) is 1. The summed E-state index contributed by atoms with van der Waals surface area (Å²) >= 11 is 0. The standard InChI is InChI=1S/C16H20N2O2/c1-20-16(19)14-8-5-11-18(12-14)15(9-10-17)13-6-3-2-4-7-13/h2-4,6-7,14-15H,5,8-9,11-12H2,1H3. The summed E-state index contributed by atoms with van der Waals surface area (Å²) in [7, 11) is 1.44. The van der Waals surface area contributed by atoms with Crippen molar-refractivity contribution in [2.24, 2.45) is 5.92 Å². The molecule has 1 aromatic carbocycles. The van der Waals surface area contributed by atoms with Gasteiger partial charge in [-0.05, 0) is 24.9 Å². The Morgan fingerprint density at radius 3 is 2.90 bits per heavy atom. The van der Waals surface area contributed by atoms with E-state index >= 15 is 0 Å². The van der Waals surface area contributed by atoms with Crippen LogP contribution in [0.25, 0.3) is 0 Å². The molecule has 0 aromatic heterocycles. The van der Waals surface area contributed by atoms with Crippen LogP contribution in [0.4, 0.5) is 0 Å². The number of carbonyl (C=O) groups is 1. The number of piperidine rings is 1. The molecule has 2 atom stereocenters. The molecule has 4 nitrogen and oxygen atoms in total. The molecule has 0 radical (unpaired) electrons. The number of rotatable bonds is 4. The molecule has 0 bridgehead atoms. The SMILES string of the molecule is COC(=O)C1CCCN(C(CC#N)c2ccccc2)C1. The van der Waals surface area contributed by atoms with E-state index in [9.17, 15) is 4.79 Å². The summed E-state index contributed by atoms with van der Waals surface area (Å²) in [5.74, 6) is -0.211. The smallest absolute Gasteiger partial charge is 0.309 e. The highest BCUT2D eigenvalue weighted by molar-refractivity contribution is 5.72. The van der Waals surface area contributed by atoms with Crippen LogP contribution in [0.2, 0.25) is 0 Å². The molecule has 0 spiro atoms. The molecule has 1 aliphatic heterocycles. The number of methoxy groups -OCH3 is 1. The molecular weight excluding hydrogens is 252 g/mol. The third-order valence-electron chi connectivity index (χ3n) is 3.90. The topological polar surface area (TPSA) is 53.3 Å². The average Bonchev–Trinajstić information content (AvgIpc) is 2.52. The molecule has 20 heavy (non-hydrogen) atoms. The Morgan fingerprint density at radius 2 is 2.25 bits per heavy atom. The van der Waals surface area contributed by atoms with Crippen molar-refractivity contribution in [1.29, 1.82) is 5.26 Å². The number of nitriles is 1. The molecule has 1 saturated heterocycles. The number of esters is 1. The lowest BCUT2D eigenvalue weighted by molar-refractivity contribution is -0.147. The first-order valence-electron chi connectivity index (χ1n) is 7.00. The lowest BCUT2D eigenvalue weighted by Crippen LogP contribution is -2.41. The van der Waals surface area contributed by atoms with E-state index in [1.165, 1.54) is 7.11 Å². The molecule has 1 heterocycles. The molecule has 2 rings (SSSR count). The first-order chi connectivity index (χ1) is 9.76. The lowest BCUT2D eigenvalue weighted by Gasteiger charge is -2.36. The summed E-state index contributed by atoms with van der Waals surface area (Å²) in [5.41, 5.74) is 1.14. The number of hydrogen-bond acceptors (Lipinski definition) is 4. The fourth-order valence-corrected chi connectivity index (χ4v) is 2.87. The van der Waals surface area contributed by atoms with E-state index in [4.69, 9.17) is 10.00 Å². The number of nitrogens with zero attached hydrogens (tertiary/aromatic N) is 2. The first kappa shape index (κ1) is 14.5. The quantitative estimate of drug-likeness (QED) is 0.790. The van der Waals surface area contributed by atoms with Gasteiger partial charge in [-0.3, -0.25) is 9.69 Å². The minimum Gasteiger partial charge on any atom is -0.469 e. The van der Waals surface area contributed by atoms with Crippen LogP contribution >= 0.6 is 0 Å². The molecule has 1 aromatic rings. The van der Waals surface area contributed by atoms with Crippen molar-refractivity contribution in [2.75, 3.05) is 20.2 Å². The number of carbonyl (C=O) groups excluding carboxylic acids is 1. The van der Waals surface area contributed by atoms with Gasteiger partial charge in [-0.2, -0.15) is 5.26 Å². The highest BCUT2D eigenvalue weighted by Crippen LogP contribution is 2.29. The van der Waals surface area contributed by atoms with E-state index in [1.54, 1.807) is 0 Å². The maximum Gasteiger partial charge on any atom is 0.309 e. The van der Waals surface area contributed by atoms with Crippen molar-refractivity contribution in [1.82, 2.24) is 4.90 Å². The summed E-state index contributed by atoms with van der Waals surface area (Å²) < 4.78 is 4.85. The van der Waals surface area contributed by atoms with Crippen molar-refractivity contribution in [2.45, 2.75) is 25.3 Å². The third-order valence-corrected chi connectivity index (χ3v) is 3.90. The Labute approximate surface area is 120 Å². The van der Waals surface area contributed by atoms with Gasteiger partial charge in [0, 0.05) is 12.6 Å². The zero-order chi connectivity index (χ0) is 14.4. The van der Waals surface area contributed by atoms with Gasteiger partial charge in [-0.25, -0.2) is 0 Å². The molecule has 0 aliphatic carbocycles. The van der Waals surface area contributed by atoms with Crippen molar-refractivity contribution >= 4 is 5.97 Å². The maximum absolute atomic E-state index is 11.7. The monoisotopic (exact) mass is 272 g/mol. The molecule has 1 fully saturated rings. The second-order valence-electron chi connectivity index (χ2n) is 5.15. The normalized spacial score (nSPS) is 20.9. The highest BCUT2D eigenvalue weighted by Gasteiger charge is 2.30. The van der Waals surface area contributed by atoms with E-state index in [1.807, 2.05) is 30.3 Å². The Morgan fingerprint density at radius 1 is 1.50 bits per heavy atom. The van der Waals surface area contributed by atoms with Crippen LogP contribution in [-0.4, -0.2) is 31.1 Å². The second-order valence-corrected chi connectivity index (χ2v) is 5.15. The largest absolute Gasteiger partial charge is 0.469 e. The van der Waals surface area contributed by atoms with Crippen molar-refractivity contribution in [3.8, 4) is 6.07 Å². The van der Waals surface area contributed by atoms with Crippen molar-refractivity contribution in [3.63, 3.8) is 0 Å². The van der Waals surface area contributed by atoms with E-state index in [0.717, 1.165) is 24.9 Å². The Kier molecular flexibility index (Phi) is 5.14. The predicted molar refractivity (Wildman–Crippen MR) is 75.7 cm³/mol. The second kappa shape index (κ2) is 7.06. The van der Waals surface area contributed by atoms with Crippen LogP contribution in [0.1, 0.15) is 30.9 Å². The Hall–Kier alpha value is -1.86. The highest BCUT2D eigenvalue weighted by atomic mass is 16.5. The van der Waals surface area contributed by atoms with Crippen LogP contribution in [0, 0.1) is 17.2 Å². The molecule has 0 amide bonds. The minimum atomic E-state index is -0.140. The van der Waals surface area contributed by atoms with Crippen LogP contribution in [0.15, 0.2) is 30.3 Å². The molecule has 0 saturated carbocycles.